The highest BCUT2D eigenvalue weighted by Crippen LogP contribution is 2.27. The van der Waals surface area contributed by atoms with E-state index in [1.165, 1.54) is 18.2 Å². The van der Waals surface area contributed by atoms with Gasteiger partial charge in [0.2, 0.25) is 0 Å². The van der Waals surface area contributed by atoms with Crippen LogP contribution in [-0.2, 0) is 6.61 Å². The van der Waals surface area contributed by atoms with Crippen LogP contribution >= 0.6 is 0 Å². The second kappa shape index (κ2) is 5.46. The van der Waals surface area contributed by atoms with Crippen LogP contribution in [0, 0.1) is 23.0 Å². The van der Waals surface area contributed by atoms with Crippen LogP contribution in [0.4, 0.5) is 8.78 Å². The van der Waals surface area contributed by atoms with Gasteiger partial charge in [0.25, 0.3) is 0 Å². The van der Waals surface area contributed by atoms with Crippen LogP contribution in [0.15, 0.2) is 36.4 Å². The quantitative estimate of drug-likeness (QED) is 0.923. The number of aliphatic hydroxyl groups excluding tert-OH is 1. The fourth-order valence-corrected chi connectivity index (χ4v) is 1.52. The number of nitriles is 1. The molecule has 0 spiro atoms. The summed E-state index contributed by atoms with van der Waals surface area (Å²) in [4.78, 5) is 0. The molecule has 19 heavy (non-hydrogen) atoms. The van der Waals surface area contributed by atoms with Gasteiger partial charge in [0.15, 0.2) is 11.6 Å². The zero-order valence-electron chi connectivity index (χ0n) is 9.73. The maximum atomic E-state index is 13.0. The van der Waals surface area contributed by atoms with Crippen LogP contribution in [0.1, 0.15) is 11.1 Å². The Hall–Kier alpha value is -2.45. The molecule has 0 atom stereocenters. The average Bonchev–Trinajstić information content (AvgIpc) is 2.43. The van der Waals surface area contributed by atoms with Gasteiger partial charge < -0.3 is 9.84 Å². The number of rotatable bonds is 3. The predicted octanol–water partition coefficient (Wildman–Crippen LogP) is 3.12. The topological polar surface area (TPSA) is 53.2 Å². The van der Waals surface area contributed by atoms with Gasteiger partial charge in [-0.25, -0.2) is 8.78 Å². The summed E-state index contributed by atoms with van der Waals surface area (Å²) in [7, 11) is 0. The molecule has 0 aliphatic rings. The maximum absolute atomic E-state index is 13.0. The number of halogens is 2. The molecule has 0 amide bonds. The molecule has 0 aliphatic heterocycles. The molecular weight excluding hydrogens is 252 g/mol. The van der Waals surface area contributed by atoms with Gasteiger partial charge in [0.1, 0.15) is 17.6 Å². The first-order chi connectivity index (χ1) is 9.13. The summed E-state index contributed by atoms with van der Waals surface area (Å²) < 4.78 is 31.1. The van der Waals surface area contributed by atoms with E-state index in [2.05, 4.69) is 0 Å². The highest BCUT2D eigenvalue weighted by atomic mass is 19.2. The second-order valence-electron chi connectivity index (χ2n) is 3.78. The number of ether oxygens (including phenoxy) is 1. The minimum Gasteiger partial charge on any atom is -0.456 e. The van der Waals surface area contributed by atoms with Gasteiger partial charge in [-0.15, -0.1) is 0 Å². The van der Waals surface area contributed by atoms with E-state index >= 15 is 0 Å². The first-order valence-corrected chi connectivity index (χ1v) is 5.41. The smallest absolute Gasteiger partial charge is 0.162 e. The van der Waals surface area contributed by atoms with Crippen molar-refractivity contribution in [1.29, 1.82) is 5.26 Å². The van der Waals surface area contributed by atoms with Crippen LogP contribution in [0.5, 0.6) is 11.5 Å². The van der Waals surface area contributed by atoms with Crippen LogP contribution in [-0.4, -0.2) is 5.11 Å². The average molecular weight is 261 g/mol. The molecule has 0 radical (unpaired) electrons. The molecule has 0 aromatic heterocycles. The Labute approximate surface area is 108 Å². The van der Waals surface area contributed by atoms with Gasteiger partial charge in [-0.3, -0.25) is 0 Å². The molecule has 5 heteroatoms. The monoisotopic (exact) mass is 261 g/mol. The molecule has 0 aliphatic carbocycles. The molecule has 2 aromatic carbocycles. The summed E-state index contributed by atoms with van der Waals surface area (Å²) in [5.41, 5.74) is 0.769. The SMILES string of the molecule is N#Cc1cc(CO)ccc1Oc1ccc(F)c(F)c1. The fourth-order valence-electron chi connectivity index (χ4n) is 1.52. The minimum atomic E-state index is -1.03. The number of benzene rings is 2. The van der Waals surface area contributed by atoms with Crippen LogP contribution in [0.25, 0.3) is 0 Å². The molecule has 2 rings (SSSR count). The molecular formula is C14H9F2NO2. The lowest BCUT2D eigenvalue weighted by Gasteiger charge is -2.08. The van der Waals surface area contributed by atoms with Gasteiger partial charge in [-0.1, -0.05) is 6.07 Å². The second-order valence-corrected chi connectivity index (χ2v) is 3.78. The van der Waals surface area contributed by atoms with Gasteiger partial charge in [-0.2, -0.15) is 5.26 Å². The van der Waals surface area contributed by atoms with E-state index in [1.807, 2.05) is 6.07 Å². The number of hydrogen-bond donors (Lipinski definition) is 1. The van der Waals surface area contributed by atoms with Crippen LogP contribution in [0.3, 0.4) is 0 Å². The molecule has 0 saturated heterocycles. The van der Waals surface area contributed by atoms with Crippen molar-refractivity contribution in [2.45, 2.75) is 6.61 Å². The lowest BCUT2D eigenvalue weighted by Crippen LogP contribution is -1.92. The Bertz CT molecular complexity index is 650. The molecule has 0 bridgehead atoms. The Kier molecular flexibility index (Phi) is 3.74. The number of nitrogens with zero attached hydrogens (tertiary/aromatic N) is 1. The van der Waals surface area contributed by atoms with Gasteiger partial charge in [-0.05, 0) is 29.8 Å². The summed E-state index contributed by atoms with van der Waals surface area (Å²) in [5, 5.41) is 17.9. The zero-order valence-corrected chi connectivity index (χ0v) is 9.73. The fraction of sp³-hybridized carbons (Fsp3) is 0.0714. The zero-order chi connectivity index (χ0) is 13.8. The molecule has 3 nitrogen and oxygen atoms in total. The minimum absolute atomic E-state index is 0.0900. The van der Waals surface area contributed by atoms with Gasteiger partial charge >= 0.3 is 0 Å². The van der Waals surface area contributed by atoms with Crippen LogP contribution in [0.2, 0.25) is 0 Å². The Morgan fingerprint density at radius 3 is 2.53 bits per heavy atom. The van der Waals surface area contributed by atoms with E-state index in [-0.39, 0.29) is 23.7 Å². The Morgan fingerprint density at radius 2 is 1.89 bits per heavy atom. The third kappa shape index (κ3) is 2.87. The standard InChI is InChI=1S/C14H9F2NO2/c15-12-3-2-11(6-13(12)16)19-14-4-1-9(8-18)5-10(14)7-17/h1-6,18H,8H2. The largest absolute Gasteiger partial charge is 0.456 e. The number of aliphatic hydroxyl groups is 1. The lowest BCUT2D eigenvalue weighted by molar-refractivity contribution is 0.281. The van der Waals surface area contributed by atoms with Crippen LogP contribution < -0.4 is 4.74 Å². The summed E-state index contributed by atoms with van der Waals surface area (Å²) in [5.74, 6) is -1.69. The summed E-state index contributed by atoms with van der Waals surface area (Å²) >= 11 is 0. The molecule has 2 aromatic rings. The molecule has 0 heterocycles. The van der Waals surface area contributed by atoms with E-state index in [1.54, 1.807) is 6.07 Å². The molecule has 1 N–H and O–H groups in total. The third-order valence-corrected chi connectivity index (χ3v) is 2.47. The Morgan fingerprint density at radius 1 is 1.11 bits per heavy atom. The normalized spacial score (nSPS) is 10.0. The number of hydrogen-bond acceptors (Lipinski definition) is 3. The molecule has 0 fully saturated rings. The highest BCUT2D eigenvalue weighted by molar-refractivity contribution is 5.47. The summed E-state index contributed by atoms with van der Waals surface area (Å²) in [6, 6.07) is 9.56. The van der Waals surface area contributed by atoms with Crippen molar-refractivity contribution >= 4 is 0 Å². The third-order valence-electron chi connectivity index (χ3n) is 2.47. The van der Waals surface area contributed by atoms with E-state index < -0.39 is 11.6 Å². The maximum Gasteiger partial charge on any atom is 0.162 e. The van der Waals surface area contributed by atoms with E-state index in [4.69, 9.17) is 15.1 Å². The van der Waals surface area contributed by atoms with E-state index in [0.29, 0.717) is 5.56 Å². The molecule has 0 unspecified atom stereocenters. The van der Waals surface area contributed by atoms with Crippen molar-refractivity contribution in [3.05, 3.63) is 59.2 Å². The van der Waals surface area contributed by atoms with Crippen molar-refractivity contribution in [1.82, 2.24) is 0 Å². The van der Waals surface area contributed by atoms with Crippen molar-refractivity contribution in [2.24, 2.45) is 0 Å². The van der Waals surface area contributed by atoms with Crippen molar-refractivity contribution < 1.29 is 18.6 Å². The van der Waals surface area contributed by atoms with Crippen molar-refractivity contribution in [3.63, 3.8) is 0 Å². The lowest BCUT2D eigenvalue weighted by atomic mass is 10.1. The predicted molar refractivity (Wildman–Crippen MR) is 63.5 cm³/mol. The van der Waals surface area contributed by atoms with Gasteiger partial charge in [0, 0.05) is 6.07 Å². The van der Waals surface area contributed by atoms with E-state index in [9.17, 15) is 8.78 Å². The first kappa shape index (κ1) is 13.0. The molecule has 0 saturated carbocycles. The van der Waals surface area contributed by atoms with Gasteiger partial charge in [0.05, 0.1) is 12.2 Å². The Balaban J connectivity index is 2.33. The molecule has 96 valence electrons. The van der Waals surface area contributed by atoms with Crippen molar-refractivity contribution in [3.8, 4) is 17.6 Å². The van der Waals surface area contributed by atoms with E-state index in [0.717, 1.165) is 12.1 Å². The van der Waals surface area contributed by atoms with Crippen molar-refractivity contribution in [2.75, 3.05) is 0 Å². The summed E-state index contributed by atoms with van der Waals surface area (Å²) in [6.07, 6.45) is 0. The first-order valence-electron chi connectivity index (χ1n) is 5.41. The highest BCUT2D eigenvalue weighted by Gasteiger charge is 2.08. The summed E-state index contributed by atoms with van der Waals surface area (Å²) in [6.45, 7) is -0.194.